The van der Waals surface area contributed by atoms with Gasteiger partial charge in [-0.05, 0) is 25.0 Å². The van der Waals surface area contributed by atoms with Gasteiger partial charge in [-0.25, -0.2) is 14.4 Å². The van der Waals surface area contributed by atoms with E-state index in [1.165, 1.54) is 4.90 Å². The molecule has 2 amide bonds. The molecule has 0 aromatic heterocycles. The molecule has 0 saturated carbocycles. The van der Waals surface area contributed by atoms with Crippen LogP contribution in [0.15, 0.2) is 60.7 Å². The predicted molar refractivity (Wildman–Crippen MR) is 119 cm³/mol. The number of nitrogens with zero attached hydrogens (tertiary/aromatic N) is 1. The van der Waals surface area contributed by atoms with Crippen molar-refractivity contribution in [1.82, 2.24) is 10.2 Å². The van der Waals surface area contributed by atoms with E-state index in [0.717, 1.165) is 11.1 Å². The molecule has 8 heteroatoms. The molecule has 2 rings (SSSR count). The van der Waals surface area contributed by atoms with E-state index in [2.05, 4.69) is 5.32 Å². The number of benzene rings is 2. The number of hydrogen-bond acceptors (Lipinski definition) is 6. The molecule has 0 aliphatic heterocycles. The molecule has 0 bridgehead atoms. The monoisotopic (exact) mass is 442 g/mol. The summed E-state index contributed by atoms with van der Waals surface area (Å²) >= 11 is 0. The molecule has 0 fully saturated rings. The number of nitrogens with one attached hydrogen (secondary N) is 1. The number of ether oxygens (including phenoxy) is 2. The van der Waals surface area contributed by atoms with E-state index >= 15 is 0 Å². The van der Waals surface area contributed by atoms with Crippen LogP contribution in [-0.2, 0) is 32.0 Å². The standard InChI is InChI=1S/C24H30N2O6/c1-3-31-22(28)20(15-18-11-7-5-8-12-18)25-24(30)26(16-19-13-9-6-10-14-19)17-21(27)23(29)32-4-2/h5-14,20-21,27H,3-4,15-17H2,1-2H3,(H,25,30)/t20-,21?/m0/s1. The molecule has 8 nitrogen and oxygen atoms in total. The third-order valence-corrected chi connectivity index (χ3v) is 4.61. The average molecular weight is 443 g/mol. The molecule has 0 saturated heterocycles. The summed E-state index contributed by atoms with van der Waals surface area (Å²) < 4.78 is 9.97. The SMILES string of the molecule is CCOC(=O)C(O)CN(Cc1ccccc1)C(=O)N[C@@H](Cc1ccccc1)C(=O)OCC. The number of carbonyl (C=O) groups excluding carboxylic acids is 3. The first-order valence-corrected chi connectivity index (χ1v) is 10.6. The van der Waals surface area contributed by atoms with Crippen molar-refractivity contribution < 1.29 is 29.0 Å². The maximum absolute atomic E-state index is 13.1. The van der Waals surface area contributed by atoms with Crippen molar-refractivity contribution in [2.75, 3.05) is 19.8 Å². The summed E-state index contributed by atoms with van der Waals surface area (Å²) in [7, 11) is 0. The van der Waals surface area contributed by atoms with E-state index in [1.54, 1.807) is 13.8 Å². The van der Waals surface area contributed by atoms with Crippen molar-refractivity contribution in [2.24, 2.45) is 0 Å². The minimum absolute atomic E-state index is 0.114. The largest absolute Gasteiger partial charge is 0.464 e. The quantitative estimate of drug-likeness (QED) is 0.518. The molecular formula is C24H30N2O6. The number of hydrogen-bond donors (Lipinski definition) is 2. The number of esters is 2. The lowest BCUT2D eigenvalue weighted by Gasteiger charge is -2.27. The van der Waals surface area contributed by atoms with E-state index in [-0.39, 0.29) is 32.7 Å². The third-order valence-electron chi connectivity index (χ3n) is 4.61. The van der Waals surface area contributed by atoms with Crippen LogP contribution in [0.1, 0.15) is 25.0 Å². The van der Waals surface area contributed by atoms with Gasteiger partial charge in [-0.3, -0.25) is 0 Å². The number of aliphatic hydroxyl groups is 1. The van der Waals surface area contributed by atoms with Gasteiger partial charge in [0.15, 0.2) is 6.10 Å². The molecule has 0 aliphatic rings. The highest BCUT2D eigenvalue weighted by molar-refractivity contribution is 5.84. The van der Waals surface area contributed by atoms with Crippen LogP contribution in [0.25, 0.3) is 0 Å². The Balaban J connectivity index is 2.19. The molecule has 2 aromatic carbocycles. The van der Waals surface area contributed by atoms with Gasteiger partial charge < -0.3 is 24.8 Å². The normalized spacial score (nSPS) is 12.3. The fraction of sp³-hybridized carbons (Fsp3) is 0.375. The van der Waals surface area contributed by atoms with Crippen LogP contribution >= 0.6 is 0 Å². The highest BCUT2D eigenvalue weighted by Gasteiger charge is 2.28. The highest BCUT2D eigenvalue weighted by atomic mass is 16.5. The molecule has 0 aliphatic carbocycles. The van der Waals surface area contributed by atoms with Crippen LogP contribution < -0.4 is 5.32 Å². The first-order valence-electron chi connectivity index (χ1n) is 10.6. The Morgan fingerprint density at radius 3 is 1.97 bits per heavy atom. The van der Waals surface area contributed by atoms with Gasteiger partial charge in [-0.2, -0.15) is 0 Å². The molecular weight excluding hydrogens is 412 g/mol. The van der Waals surface area contributed by atoms with Gasteiger partial charge in [0.05, 0.1) is 19.8 Å². The molecule has 172 valence electrons. The number of amides is 2. The lowest BCUT2D eigenvalue weighted by atomic mass is 10.1. The lowest BCUT2D eigenvalue weighted by Crippen LogP contribution is -2.51. The Morgan fingerprint density at radius 1 is 0.875 bits per heavy atom. The second-order valence-electron chi connectivity index (χ2n) is 7.08. The summed E-state index contributed by atoms with van der Waals surface area (Å²) in [5.41, 5.74) is 1.65. The summed E-state index contributed by atoms with van der Waals surface area (Å²) in [5, 5.41) is 12.9. The zero-order valence-corrected chi connectivity index (χ0v) is 18.4. The maximum Gasteiger partial charge on any atom is 0.336 e. The van der Waals surface area contributed by atoms with Crippen molar-refractivity contribution in [3.8, 4) is 0 Å². The number of rotatable bonds is 11. The lowest BCUT2D eigenvalue weighted by molar-refractivity contribution is -0.153. The van der Waals surface area contributed by atoms with Gasteiger partial charge in [0.1, 0.15) is 6.04 Å². The fourth-order valence-corrected chi connectivity index (χ4v) is 3.07. The van der Waals surface area contributed by atoms with Crippen molar-refractivity contribution in [3.63, 3.8) is 0 Å². The van der Waals surface area contributed by atoms with E-state index in [0.29, 0.717) is 0 Å². The smallest absolute Gasteiger partial charge is 0.336 e. The van der Waals surface area contributed by atoms with Gasteiger partial charge in [0.25, 0.3) is 0 Å². The van der Waals surface area contributed by atoms with Gasteiger partial charge >= 0.3 is 18.0 Å². The number of urea groups is 1. The second kappa shape index (κ2) is 13.1. The first-order chi connectivity index (χ1) is 15.4. The first kappa shape index (κ1) is 24.9. The Labute approximate surface area is 188 Å². The van der Waals surface area contributed by atoms with Crippen LogP contribution in [0.4, 0.5) is 4.79 Å². The topological polar surface area (TPSA) is 105 Å². The number of carbonyl (C=O) groups is 3. The fourth-order valence-electron chi connectivity index (χ4n) is 3.07. The van der Waals surface area contributed by atoms with E-state index in [4.69, 9.17) is 9.47 Å². The zero-order valence-electron chi connectivity index (χ0n) is 18.4. The zero-order chi connectivity index (χ0) is 23.3. The number of aliphatic hydroxyl groups excluding tert-OH is 1. The van der Waals surface area contributed by atoms with E-state index < -0.39 is 30.1 Å². The van der Waals surface area contributed by atoms with Crippen molar-refractivity contribution in [2.45, 2.75) is 39.0 Å². The molecule has 2 atom stereocenters. The summed E-state index contributed by atoms with van der Waals surface area (Å²) in [6.07, 6.45) is -1.27. The van der Waals surface area contributed by atoms with Gasteiger partial charge in [-0.15, -0.1) is 0 Å². The summed E-state index contributed by atoms with van der Waals surface area (Å²) in [6, 6.07) is 16.9. The van der Waals surface area contributed by atoms with E-state index in [9.17, 15) is 19.5 Å². The highest BCUT2D eigenvalue weighted by Crippen LogP contribution is 2.10. The summed E-state index contributed by atoms with van der Waals surface area (Å²) in [5.74, 6) is -1.38. The Hall–Kier alpha value is -3.39. The molecule has 2 aromatic rings. The molecule has 1 unspecified atom stereocenters. The van der Waals surface area contributed by atoms with Crippen LogP contribution in [0, 0.1) is 0 Å². The molecule has 0 heterocycles. The Morgan fingerprint density at radius 2 is 1.41 bits per heavy atom. The minimum Gasteiger partial charge on any atom is -0.464 e. The van der Waals surface area contributed by atoms with Crippen LogP contribution in [-0.4, -0.2) is 59.9 Å². The third kappa shape index (κ3) is 8.03. The Bertz CT molecular complexity index is 859. The van der Waals surface area contributed by atoms with Gasteiger partial charge in [0, 0.05) is 13.0 Å². The molecule has 2 N–H and O–H groups in total. The van der Waals surface area contributed by atoms with Crippen LogP contribution in [0.2, 0.25) is 0 Å². The maximum atomic E-state index is 13.1. The molecule has 0 radical (unpaired) electrons. The molecule has 0 spiro atoms. The second-order valence-corrected chi connectivity index (χ2v) is 7.08. The van der Waals surface area contributed by atoms with Crippen LogP contribution in [0.3, 0.4) is 0 Å². The van der Waals surface area contributed by atoms with Crippen molar-refractivity contribution in [1.29, 1.82) is 0 Å². The van der Waals surface area contributed by atoms with Gasteiger partial charge in [0.2, 0.25) is 0 Å². The summed E-state index contributed by atoms with van der Waals surface area (Å²) in [6.45, 7) is 3.45. The van der Waals surface area contributed by atoms with E-state index in [1.807, 2.05) is 60.7 Å². The minimum atomic E-state index is -1.51. The van der Waals surface area contributed by atoms with Crippen molar-refractivity contribution >= 4 is 18.0 Å². The summed E-state index contributed by atoms with van der Waals surface area (Å²) in [4.78, 5) is 38.8. The molecule has 32 heavy (non-hydrogen) atoms. The Kier molecular flexibility index (Phi) is 10.2. The van der Waals surface area contributed by atoms with Crippen molar-refractivity contribution in [3.05, 3.63) is 71.8 Å². The van der Waals surface area contributed by atoms with Gasteiger partial charge in [-0.1, -0.05) is 60.7 Å². The average Bonchev–Trinajstić information content (AvgIpc) is 2.79. The predicted octanol–water partition coefficient (Wildman–Crippen LogP) is 2.30. The van der Waals surface area contributed by atoms with Crippen LogP contribution in [0.5, 0.6) is 0 Å².